The number of fused-ring (bicyclic) bond motifs is 6. The Kier molecular flexibility index (Phi) is 8.08. The zero-order valence-corrected chi connectivity index (χ0v) is 35.3. The Morgan fingerprint density at radius 3 is 2.17 bits per heavy atom. The monoisotopic (exact) mass is 705 g/mol. The van der Waals surface area contributed by atoms with Crippen molar-refractivity contribution < 1.29 is 4.74 Å². The first-order valence-corrected chi connectivity index (χ1v) is 22.1. The summed E-state index contributed by atoms with van der Waals surface area (Å²) < 4.78 is 7.58. The van der Waals surface area contributed by atoms with Gasteiger partial charge in [-0.2, -0.15) is 0 Å². The van der Waals surface area contributed by atoms with Crippen LogP contribution in [0.15, 0.2) is 58.5 Å². The van der Waals surface area contributed by atoms with Crippen molar-refractivity contribution in [1.82, 2.24) is 9.80 Å². The SMILES string of the molecule is CC1CC2=C3B(C4C=C(C(C)(C)C)CC5C4N(C3C1)C(C)(C)C51CCCCC1)C1OC3=C(CC(C(C)(C)C)C=C3)C1N2C1C=CC(C(C)(C)C)CC1. The minimum Gasteiger partial charge on any atom is -0.496 e. The second-order valence-electron chi connectivity index (χ2n) is 23.4. The molecular weight excluding hydrogens is 631 g/mol. The minimum atomic E-state index is 0.190. The summed E-state index contributed by atoms with van der Waals surface area (Å²) in [5.74, 6) is 4.40. The number of hydrogen-bond donors (Lipinski definition) is 0. The third-order valence-corrected chi connectivity index (χ3v) is 17.3. The van der Waals surface area contributed by atoms with Crippen LogP contribution in [0.2, 0.25) is 5.82 Å². The molecular formula is C48H73BN2O. The fourth-order valence-electron chi connectivity index (χ4n) is 14.4. The average molecular weight is 705 g/mol. The maximum absolute atomic E-state index is 7.58. The van der Waals surface area contributed by atoms with Crippen LogP contribution in [0.3, 0.4) is 0 Å². The molecule has 5 aliphatic carbocycles. The van der Waals surface area contributed by atoms with Gasteiger partial charge in [-0.25, -0.2) is 0 Å². The maximum atomic E-state index is 7.58. The van der Waals surface area contributed by atoms with Crippen molar-refractivity contribution in [3.8, 4) is 0 Å². The highest BCUT2D eigenvalue weighted by Crippen LogP contribution is 2.70. The molecule has 284 valence electrons. The Bertz CT molecular complexity index is 1630. The third-order valence-electron chi connectivity index (χ3n) is 17.3. The molecule has 10 atom stereocenters. The lowest BCUT2D eigenvalue weighted by Gasteiger charge is -2.62. The van der Waals surface area contributed by atoms with Gasteiger partial charge in [0.05, 0.1) is 6.04 Å². The topological polar surface area (TPSA) is 15.7 Å². The predicted molar refractivity (Wildman–Crippen MR) is 219 cm³/mol. The minimum absolute atomic E-state index is 0.190. The molecule has 3 fully saturated rings. The molecule has 0 aromatic carbocycles. The van der Waals surface area contributed by atoms with Crippen molar-refractivity contribution in [2.45, 2.75) is 195 Å². The Morgan fingerprint density at radius 2 is 1.54 bits per heavy atom. The predicted octanol–water partition coefficient (Wildman–Crippen LogP) is 11.7. The molecule has 2 saturated heterocycles. The quantitative estimate of drug-likeness (QED) is 0.200. The first kappa shape index (κ1) is 36.0. The van der Waals surface area contributed by atoms with Crippen LogP contribution in [0.5, 0.6) is 0 Å². The maximum Gasteiger partial charge on any atom is 0.235 e. The Balaban J connectivity index is 1.26. The van der Waals surface area contributed by atoms with Crippen LogP contribution in [-0.4, -0.2) is 52.2 Å². The van der Waals surface area contributed by atoms with Crippen LogP contribution in [0, 0.1) is 45.3 Å². The standard InChI is InChI=1S/C48H73BN2O/c1-29-24-37-40-38(25-29)51-42-35(48(47(51,11)12)22-14-13-15-23-48)27-32(46(8,9)10)28-36(42)49(40)43-41(34-26-31(45(5,6)7)18-21-39(34)52-43)50(37)33-19-16-30(17-20-33)44(2,3)4/h16,18-19,21,28-31,33,35-36,38,41-43H,13-15,17,20,22-27H2,1-12H3. The highest BCUT2D eigenvalue weighted by atomic mass is 16.5. The number of hydrogen-bond acceptors (Lipinski definition) is 3. The fourth-order valence-corrected chi connectivity index (χ4v) is 14.4. The van der Waals surface area contributed by atoms with Crippen LogP contribution in [0.25, 0.3) is 0 Å². The van der Waals surface area contributed by atoms with Crippen LogP contribution in [0.4, 0.5) is 0 Å². The van der Waals surface area contributed by atoms with Crippen molar-refractivity contribution in [1.29, 1.82) is 0 Å². The molecule has 10 unspecified atom stereocenters. The van der Waals surface area contributed by atoms with Crippen molar-refractivity contribution >= 4 is 6.71 Å². The molecule has 3 nitrogen and oxygen atoms in total. The van der Waals surface area contributed by atoms with Gasteiger partial charge < -0.3 is 9.64 Å². The Labute approximate surface area is 319 Å². The summed E-state index contributed by atoms with van der Waals surface area (Å²) in [4.78, 5) is 6.30. The first-order valence-electron chi connectivity index (χ1n) is 22.1. The lowest BCUT2D eigenvalue weighted by atomic mass is 9.25. The van der Waals surface area contributed by atoms with E-state index in [1.807, 2.05) is 5.47 Å². The molecule has 4 heterocycles. The van der Waals surface area contributed by atoms with Gasteiger partial charge >= 0.3 is 0 Å². The van der Waals surface area contributed by atoms with E-state index in [0.717, 1.165) is 12.3 Å². The third kappa shape index (κ3) is 5.05. The summed E-state index contributed by atoms with van der Waals surface area (Å²) in [5.41, 5.74) is 8.30. The largest absolute Gasteiger partial charge is 0.496 e. The van der Waals surface area contributed by atoms with Crippen LogP contribution < -0.4 is 0 Å². The molecule has 0 aromatic rings. The molecule has 1 spiro atoms. The lowest BCUT2D eigenvalue weighted by Crippen LogP contribution is -2.70. The summed E-state index contributed by atoms with van der Waals surface area (Å²) >= 11 is 0. The molecule has 52 heavy (non-hydrogen) atoms. The molecule has 0 aromatic heterocycles. The van der Waals surface area contributed by atoms with Gasteiger partial charge in [0.2, 0.25) is 6.71 Å². The molecule has 1 saturated carbocycles. The van der Waals surface area contributed by atoms with E-state index in [1.165, 1.54) is 70.0 Å². The zero-order chi connectivity index (χ0) is 36.9. The number of nitrogens with zero attached hydrogens (tertiary/aromatic N) is 2. The van der Waals surface area contributed by atoms with Gasteiger partial charge in [0, 0.05) is 29.4 Å². The van der Waals surface area contributed by atoms with Gasteiger partial charge in [0.15, 0.2) is 0 Å². The summed E-state index contributed by atoms with van der Waals surface area (Å²) in [6, 6.07) is 2.15. The average Bonchev–Trinajstić information content (AvgIpc) is 3.52. The van der Waals surface area contributed by atoms with Gasteiger partial charge in [0.1, 0.15) is 11.8 Å². The summed E-state index contributed by atoms with van der Waals surface area (Å²) in [5, 5.41) is 0. The van der Waals surface area contributed by atoms with E-state index in [9.17, 15) is 0 Å². The molecule has 0 amide bonds. The molecule has 0 N–H and O–H groups in total. The molecule has 4 heteroatoms. The van der Waals surface area contributed by atoms with E-state index in [2.05, 4.69) is 123 Å². The molecule has 0 radical (unpaired) electrons. The summed E-state index contributed by atoms with van der Waals surface area (Å²) in [6.45, 7) is 30.7. The van der Waals surface area contributed by atoms with Gasteiger partial charge in [0.25, 0.3) is 0 Å². The fraction of sp³-hybridized carbons (Fsp3) is 0.792. The second kappa shape index (κ2) is 11.7. The van der Waals surface area contributed by atoms with E-state index >= 15 is 0 Å². The van der Waals surface area contributed by atoms with E-state index in [0.29, 0.717) is 65.3 Å². The smallest absolute Gasteiger partial charge is 0.235 e. The second-order valence-corrected chi connectivity index (χ2v) is 23.4. The summed E-state index contributed by atoms with van der Waals surface area (Å²) in [6.07, 6.45) is 27.8. The van der Waals surface area contributed by atoms with Crippen LogP contribution >= 0.6 is 0 Å². The van der Waals surface area contributed by atoms with Crippen molar-refractivity contribution in [3.05, 3.63) is 58.5 Å². The van der Waals surface area contributed by atoms with Crippen molar-refractivity contribution in [2.24, 2.45) is 45.3 Å². The molecule has 0 bridgehead atoms. The zero-order valence-electron chi connectivity index (χ0n) is 35.3. The van der Waals surface area contributed by atoms with Crippen LogP contribution in [0.1, 0.15) is 154 Å². The van der Waals surface area contributed by atoms with Gasteiger partial charge in [-0.3, -0.25) is 4.90 Å². The number of rotatable bonds is 1. The van der Waals surface area contributed by atoms with Crippen molar-refractivity contribution in [2.75, 3.05) is 0 Å². The van der Waals surface area contributed by atoms with E-state index in [-0.39, 0.29) is 22.4 Å². The van der Waals surface area contributed by atoms with E-state index in [4.69, 9.17) is 4.74 Å². The lowest BCUT2D eigenvalue weighted by molar-refractivity contribution is -0.0102. The number of allylic oxidation sites excluding steroid dienone is 5. The Morgan fingerprint density at radius 1 is 0.827 bits per heavy atom. The molecule has 9 rings (SSSR count). The van der Waals surface area contributed by atoms with E-state index in [1.54, 1.807) is 16.8 Å². The van der Waals surface area contributed by atoms with E-state index < -0.39 is 0 Å². The first-order chi connectivity index (χ1) is 24.3. The highest BCUT2D eigenvalue weighted by molar-refractivity contribution is 6.71. The molecule has 4 aliphatic heterocycles. The normalized spacial score (nSPS) is 40.7. The Hall–Kier alpha value is -1.68. The van der Waals surface area contributed by atoms with Gasteiger partial charge in [-0.1, -0.05) is 124 Å². The summed E-state index contributed by atoms with van der Waals surface area (Å²) in [7, 11) is 0. The number of ether oxygens (including phenoxy) is 1. The van der Waals surface area contributed by atoms with Gasteiger partial charge in [-0.15, -0.1) is 0 Å². The highest BCUT2D eigenvalue weighted by Gasteiger charge is 2.73. The van der Waals surface area contributed by atoms with Crippen LogP contribution in [-0.2, 0) is 4.74 Å². The van der Waals surface area contributed by atoms with Crippen molar-refractivity contribution in [3.63, 3.8) is 0 Å². The van der Waals surface area contributed by atoms with Gasteiger partial charge in [-0.05, 0) is 128 Å². The molecule has 9 aliphatic rings.